The summed E-state index contributed by atoms with van der Waals surface area (Å²) in [7, 11) is 0. The van der Waals surface area contributed by atoms with E-state index in [1.807, 2.05) is 27.7 Å². The van der Waals surface area contributed by atoms with E-state index in [-0.39, 0.29) is 83.3 Å². The number of hydrogen-bond donors (Lipinski definition) is 6. The van der Waals surface area contributed by atoms with E-state index in [1.165, 1.54) is 0 Å². The van der Waals surface area contributed by atoms with Crippen molar-refractivity contribution in [1.29, 1.82) is 0 Å². The van der Waals surface area contributed by atoms with E-state index >= 15 is 0 Å². The highest BCUT2D eigenvalue weighted by Crippen LogP contribution is 2.23. The predicted molar refractivity (Wildman–Crippen MR) is 374 cm³/mol. The van der Waals surface area contributed by atoms with Crippen LogP contribution in [0.1, 0.15) is 329 Å². The molecule has 0 aliphatic heterocycles. The van der Waals surface area contributed by atoms with Crippen molar-refractivity contribution in [3.05, 3.63) is 0 Å². The van der Waals surface area contributed by atoms with Crippen LogP contribution in [-0.2, 0) is 43.2 Å². The third-order valence-electron chi connectivity index (χ3n) is 16.8. The van der Waals surface area contributed by atoms with Gasteiger partial charge in [0, 0.05) is 94.3 Å². The standard InChI is InChI=1S/C40H75N3O5.C35H67N3O4/c1-30(2)19-9-12-24-37(45)41-27-17-15-22-34(40(48)33(7)8)29-36(44)35(43-39(47)26-14-11-21-32(5)6)23-16-18-28-42-38(46)25-13-10-20-31(3)4;1-26(2)17-9-11-21-33(40)37-24-16-14-20-31(38-34(41)22-12-10-18-27(3)4)32(39)25-30(35(42)28(5)6)19-13-15-23-36-29(7)8/h30-35H,9-29H2,1-8H3,(H,41,45)(H,42,46)(H,43,47);26-31,36H,9-25H2,1-8H3,(H,37,40)(H,38,41). The lowest BCUT2D eigenvalue weighted by Gasteiger charge is -2.22. The summed E-state index contributed by atoms with van der Waals surface area (Å²) in [6, 6.07) is -0.788. The van der Waals surface area contributed by atoms with E-state index < -0.39 is 18.0 Å². The quantitative estimate of drug-likeness (QED) is 0.0316. The van der Waals surface area contributed by atoms with Gasteiger partial charge in [0.15, 0.2) is 11.6 Å². The highest BCUT2D eigenvalue weighted by molar-refractivity contribution is 5.94. The number of Topliss-reactive ketones (excluding diaryl/α,β-unsaturated/α-hetero) is 4. The van der Waals surface area contributed by atoms with Gasteiger partial charge >= 0.3 is 0 Å². The number of carbonyl (C=O) groups excluding carboxylic acids is 9. The maximum atomic E-state index is 13.7. The van der Waals surface area contributed by atoms with Crippen molar-refractivity contribution in [2.45, 2.75) is 347 Å². The van der Waals surface area contributed by atoms with Crippen LogP contribution in [0.5, 0.6) is 0 Å². The molecule has 15 nitrogen and oxygen atoms in total. The highest BCUT2D eigenvalue weighted by atomic mass is 16.2. The molecule has 0 rings (SSSR count). The number of carbonyl (C=O) groups is 9. The molecule has 526 valence electrons. The van der Waals surface area contributed by atoms with Crippen molar-refractivity contribution in [1.82, 2.24) is 31.9 Å². The summed E-state index contributed by atoms with van der Waals surface area (Å²) in [5.74, 6) is 2.26. The van der Waals surface area contributed by atoms with Crippen molar-refractivity contribution in [2.75, 3.05) is 26.2 Å². The zero-order valence-electron chi connectivity index (χ0n) is 61.0. The Morgan fingerprint density at radius 3 is 0.767 bits per heavy atom. The molecule has 90 heavy (non-hydrogen) atoms. The van der Waals surface area contributed by atoms with Gasteiger partial charge in [-0.25, -0.2) is 0 Å². The second-order valence-corrected chi connectivity index (χ2v) is 29.4. The Morgan fingerprint density at radius 2 is 0.511 bits per heavy atom. The van der Waals surface area contributed by atoms with Crippen molar-refractivity contribution in [3.8, 4) is 0 Å². The Hall–Kier alpha value is -4.01. The first-order valence-electron chi connectivity index (χ1n) is 36.8. The molecule has 0 fully saturated rings. The molecule has 0 aliphatic rings. The van der Waals surface area contributed by atoms with Crippen LogP contribution < -0.4 is 31.9 Å². The summed E-state index contributed by atoms with van der Waals surface area (Å²) in [6.07, 6.45) is 26.3. The summed E-state index contributed by atoms with van der Waals surface area (Å²) in [5.41, 5.74) is 0. The molecule has 0 heterocycles. The number of hydrogen-bond acceptors (Lipinski definition) is 10. The minimum Gasteiger partial charge on any atom is -0.356 e. The van der Waals surface area contributed by atoms with Crippen LogP contribution in [0.2, 0.25) is 0 Å². The molecular weight excluding hydrogens is 1130 g/mol. The van der Waals surface area contributed by atoms with Gasteiger partial charge in [-0.2, -0.15) is 0 Å². The first-order chi connectivity index (χ1) is 42.5. The number of nitrogens with one attached hydrogen (secondary N) is 6. The third kappa shape index (κ3) is 54.5. The lowest BCUT2D eigenvalue weighted by molar-refractivity contribution is -0.132. The third-order valence-corrected chi connectivity index (χ3v) is 16.8. The van der Waals surface area contributed by atoms with E-state index in [4.69, 9.17) is 0 Å². The van der Waals surface area contributed by atoms with E-state index in [1.54, 1.807) is 0 Å². The molecule has 4 unspecified atom stereocenters. The van der Waals surface area contributed by atoms with Crippen LogP contribution in [0.15, 0.2) is 0 Å². The molecule has 6 N–H and O–H groups in total. The smallest absolute Gasteiger partial charge is 0.220 e. The highest BCUT2D eigenvalue weighted by Gasteiger charge is 2.30. The van der Waals surface area contributed by atoms with Gasteiger partial charge in [-0.05, 0) is 132 Å². The normalized spacial score (nSPS) is 13.0. The molecular formula is C75H142N6O9. The van der Waals surface area contributed by atoms with Crippen molar-refractivity contribution in [3.63, 3.8) is 0 Å². The molecule has 0 spiro atoms. The minimum absolute atomic E-state index is 0.0426. The van der Waals surface area contributed by atoms with Gasteiger partial charge in [-0.3, -0.25) is 43.2 Å². The number of amides is 5. The fourth-order valence-electron chi connectivity index (χ4n) is 11.1. The van der Waals surface area contributed by atoms with Crippen molar-refractivity contribution < 1.29 is 43.2 Å². The average Bonchev–Trinajstić information content (AvgIpc) is 3.40. The van der Waals surface area contributed by atoms with Crippen LogP contribution in [0.25, 0.3) is 0 Å². The summed E-state index contributed by atoms with van der Waals surface area (Å²) >= 11 is 0. The van der Waals surface area contributed by atoms with Crippen molar-refractivity contribution in [2.24, 2.45) is 53.3 Å². The van der Waals surface area contributed by atoms with Gasteiger partial charge in [0.25, 0.3) is 0 Å². The monoisotopic (exact) mass is 1270 g/mol. The fraction of sp³-hybridized carbons (Fsp3) is 0.880. The lowest BCUT2D eigenvalue weighted by atomic mass is 9.85. The van der Waals surface area contributed by atoms with Crippen LogP contribution in [0, 0.1) is 53.3 Å². The summed E-state index contributed by atoms with van der Waals surface area (Å²) in [4.78, 5) is 116. The zero-order valence-corrected chi connectivity index (χ0v) is 61.0. The van der Waals surface area contributed by atoms with E-state index in [0.29, 0.717) is 119 Å². The van der Waals surface area contributed by atoms with Crippen LogP contribution >= 0.6 is 0 Å². The Morgan fingerprint density at radius 1 is 0.267 bits per heavy atom. The van der Waals surface area contributed by atoms with Crippen LogP contribution in [0.3, 0.4) is 0 Å². The summed E-state index contributed by atoms with van der Waals surface area (Å²) < 4.78 is 0. The molecule has 0 aliphatic carbocycles. The lowest BCUT2D eigenvalue weighted by Crippen LogP contribution is -2.42. The Labute approximate surface area is 552 Å². The molecule has 5 amide bonds. The SMILES string of the molecule is CC(C)CCCCC(=O)NCCCCC(CC(=O)C(CCCCNC(=O)CCCCC(C)C)NC(=O)CCCCC(C)C)C(=O)C(C)C.CC(C)CCCCC(=O)NCCCCC(NC(=O)CCCCC(C)C)C(=O)CC(CCCCNC(C)C)C(=O)C(C)C. The Bertz CT molecular complexity index is 1910. The average molecular weight is 1270 g/mol. The fourth-order valence-corrected chi connectivity index (χ4v) is 11.1. The maximum Gasteiger partial charge on any atom is 0.220 e. The largest absolute Gasteiger partial charge is 0.356 e. The van der Waals surface area contributed by atoms with Crippen molar-refractivity contribution >= 4 is 52.7 Å². The van der Waals surface area contributed by atoms with E-state index in [9.17, 15) is 43.2 Å². The molecule has 0 saturated heterocycles. The predicted octanol–water partition coefficient (Wildman–Crippen LogP) is 15.7. The second kappa shape index (κ2) is 56.5. The summed E-state index contributed by atoms with van der Waals surface area (Å²) in [6.45, 7) is 36.2. The van der Waals surface area contributed by atoms with E-state index in [2.05, 4.69) is 115 Å². The first kappa shape index (κ1) is 88.0. The Kier molecular flexibility index (Phi) is 55.3. The molecule has 0 saturated carbocycles. The molecule has 15 heteroatoms. The first-order valence-corrected chi connectivity index (χ1v) is 36.8. The van der Waals surface area contributed by atoms with Gasteiger partial charge in [-0.15, -0.1) is 0 Å². The van der Waals surface area contributed by atoms with Gasteiger partial charge in [0.2, 0.25) is 29.5 Å². The van der Waals surface area contributed by atoms with Gasteiger partial charge in [-0.1, -0.05) is 188 Å². The molecule has 0 radical (unpaired) electrons. The number of unbranched alkanes of at least 4 members (excludes halogenated alkanes) is 9. The van der Waals surface area contributed by atoms with Gasteiger partial charge < -0.3 is 31.9 Å². The second-order valence-electron chi connectivity index (χ2n) is 29.4. The number of ketones is 4. The van der Waals surface area contributed by atoms with E-state index in [0.717, 1.165) is 148 Å². The van der Waals surface area contributed by atoms with Crippen LogP contribution in [-0.4, -0.2) is 97.0 Å². The van der Waals surface area contributed by atoms with Crippen LogP contribution in [0.4, 0.5) is 0 Å². The Balaban J connectivity index is 0. The molecule has 4 atom stereocenters. The molecule has 0 aromatic rings. The maximum absolute atomic E-state index is 13.7. The minimum atomic E-state index is -0.633. The molecule has 0 aromatic carbocycles. The molecule has 0 bridgehead atoms. The molecule has 0 aromatic heterocycles. The number of rotatable bonds is 58. The summed E-state index contributed by atoms with van der Waals surface area (Å²) in [5, 5.41) is 18.4. The zero-order chi connectivity index (χ0) is 68.2. The van der Waals surface area contributed by atoms with Gasteiger partial charge in [0.1, 0.15) is 11.6 Å². The topological polar surface area (TPSA) is 226 Å². The van der Waals surface area contributed by atoms with Gasteiger partial charge in [0.05, 0.1) is 12.1 Å².